The Balaban J connectivity index is 1.36. The van der Waals surface area contributed by atoms with E-state index in [2.05, 4.69) is 20.7 Å². The average Bonchev–Trinajstić information content (AvgIpc) is 3.36. The molecule has 2 aromatic carbocycles. The maximum Gasteiger partial charge on any atom is 0.313 e. The summed E-state index contributed by atoms with van der Waals surface area (Å²) in [6.07, 6.45) is 0.518. The van der Waals surface area contributed by atoms with E-state index in [1.165, 1.54) is 24.0 Å². The fraction of sp³-hybridized carbons (Fsp3) is 0.182. The van der Waals surface area contributed by atoms with Gasteiger partial charge < -0.3 is 15.4 Å². The Bertz CT molecular complexity index is 1230. The lowest BCUT2D eigenvalue weighted by atomic mass is 10.1. The Morgan fingerprint density at radius 2 is 1.87 bits per heavy atom. The van der Waals surface area contributed by atoms with Gasteiger partial charge in [0.2, 0.25) is 4.96 Å². The van der Waals surface area contributed by atoms with Crippen LogP contribution in [0, 0.1) is 6.92 Å². The third kappa shape index (κ3) is 4.56. The van der Waals surface area contributed by atoms with Crippen LogP contribution in [0.5, 0.6) is 5.75 Å². The number of methoxy groups -OCH3 is 1. The summed E-state index contributed by atoms with van der Waals surface area (Å²) in [5, 5.41) is 11.7. The van der Waals surface area contributed by atoms with E-state index in [1.54, 1.807) is 28.8 Å². The molecule has 0 aliphatic rings. The van der Waals surface area contributed by atoms with Gasteiger partial charge in [-0.3, -0.25) is 9.59 Å². The molecule has 0 aliphatic carbocycles. The van der Waals surface area contributed by atoms with Crippen LogP contribution in [0.4, 0.5) is 5.69 Å². The lowest BCUT2D eigenvalue weighted by Gasteiger charge is -2.09. The van der Waals surface area contributed by atoms with Crippen molar-refractivity contribution in [2.75, 3.05) is 19.0 Å². The average molecular weight is 436 g/mol. The number of aryl methyl sites for hydroxylation is 1. The van der Waals surface area contributed by atoms with Crippen LogP contribution in [0.15, 0.2) is 53.9 Å². The van der Waals surface area contributed by atoms with E-state index >= 15 is 0 Å². The summed E-state index contributed by atoms with van der Waals surface area (Å²) >= 11 is 1.49. The van der Waals surface area contributed by atoms with Crippen LogP contribution in [0.1, 0.15) is 11.3 Å². The molecule has 8 nitrogen and oxygen atoms in total. The molecule has 4 aromatic rings. The van der Waals surface area contributed by atoms with Gasteiger partial charge in [-0.25, -0.2) is 4.52 Å². The Kier molecular flexibility index (Phi) is 5.94. The first-order valence-corrected chi connectivity index (χ1v) is 10.6. The van der Waals surface area contributed by atoms with Crippen LogP contribution in [0.2, 0.25) is 0 Å². The Morgan fingerprint density at radius 1 is 1.10 bits per heavy atom. The monoisotopic (exact) mass is 435 g/mol. The number of fused-ring (bicyclic) bond motifs is 1. The van der Waals surface area contributed by atoms with E-state index in [1.807, 2.05) is 36.6 Å². The summed E-state index contributed by atoms with van der Waals surface area (Å²) < 4.78 is 6.95. The molecule has 158 valence electrons. The van der Waals surface area contributed by atoms with Crippen molar-refractivity contribution >= 4 is 33.8 Å². The predicted octanol–water partition coefficient (Wildman–Crippen LogP) is 3.07. The van der Waals surface area contributed by atoms with Crippen LogP contribution in [-0.4, -0.2) is 40.1 Å². The molecular formula is C22H21N5O3S. The second kappa shape index (κ2) is 8.97. The zero-order valence-corrected chi connectivity index (χ0v) is 17.9. The van der Waals surface area contributed by atoms with Gasteiger partial charge in [0.15, 0.2) is 5.82 Å². The van der Waals surface area contributed by atoms with E-state index < -0.39 is 11.8 Å². The third-order valence-corrected chi connectivity index (χ3v) is 5.55. The second-order valence-electron chi connectivity index (χ2n) is 6.88. The van der Waals surface area contributed by atoms with Gasteiger partial charge in [0.1, 0.15) is 5.75 Å². The molecule has 0 aliphatic heterocycles. The van der Waals surface area contributed by atoms with Gasteiger partial charge >= 0.3 is 11.8 Å². The first-order valence-electron chi connectivity index (χ1n) is 9.67. The second-order valence-corrected chi connectivity index (χ2v) is 7.72. The van der Waals surface area contributed by atoms with Gasteiger partial charge in [0, 0.05) is 23.9 Å². The minimum atomic E-state index is -0.748. The summed E-state index contributed by atoms with van der Waals surface area (Å²) in [6.45, 7) is 2.33. The zero-order chi connectivity index (χ0) is 21.8. The number of hydrogen-bond acceptors (Lipinski definition) is 6. The van der Waals surface area contributed by atoms with Crippen molar-refractivity contribution in [3.05, 3.63) is 65.2 Å². The number of nitrogens with one attached hydrogen (secondary N) is 2. The van der Waals surface area contributed by atoms with Crippen LogP contribution in [-0.2, 0) is 16.0 Å². The number of para-hydroxylation sites is 2. The van der Waals surface area contributed by atoms with Crippen molar-refractivity contribution in [1.29, 1.82) is 0 Å². The van der Waals surface area contributed by atoms with Gasteiger partial charge in [-0.15, -0.1) is 16.4 Å². The maximum atomic E-state index is 12.2. The molecule has 0 radical (unpaired) electrons. The van der Waals surface area contributed by atoms with Crippen LogP contribution in [0.3, 0.4) is 0 Å². The number of hydrogen-bond donors (Lipinski definition) is 2. The van der Waals surface area contributed by atoms with Crippen LogP contribution >= 0.6 is 11.3 Å². The topological polar surface area (TPSA) is 97.6 Å². The summed E-state index contributed by atoms with van der Waals surface area (Å²) in [5.41, 5.74) is 3.48. The molecule has 0 saturated heterocycles. The standard InChI is InChI=1S/C22H21N5O3S/c1-14-7-9-15(10-8-14)19-25-22-27(26-19)16(13-31-22)11-12-23-20(28)21(29)24-17-5-3-4-6-18(17)30-2/h3-10,13H,11-12H2,1-2H3,(H,23,28)(H,24,29). The van der Waals surface area contributed by atoms with Gasteiger partial charge in [-0.1, -0.05) is 42.0 Å². The fourth-order valence-corrected chi connectivity index (χ4v) is 3.89. The molecule has 9 heteroatoms. The number of anilines is 1. The number of benzene rings is 2. The van der Waals surface area contributed by atoms with Crippen molar-refractivity contribution in [1.82, 2.24) is 19.9 Å². The highest BCUT2D eigenvalue weighted by Gasteiger charge is 2.16. The number of carbonyl (C=O) groups is 2. The molecule has 0 spiro atoms. The minimum Gasteiger partial charge on any atom is -0.495 e. The number of amides is 2. The molecule has 2 aromatic heterocycles. The van der Waals surface area contributed by atoms with E-state index in [4.69, 9.17) is 4.74 Å². The van der Waals surface area contributed by atoms with Crippen molar-refractivity contribution in [2.24, 2.45) is 0 Å². The third-order valence-electron chi connectivity index (χ3n) is 4.69. The van der Waals surface area contributed by atoms with E-state index in [9.17, 15) is 9.59 Å². The molecule has 31 heavy (non-hydrogen) atoms. The molecule has 0 atom stereocenters. The van der Waals surface area contributed by atoms with Gasteiger partial charge in [-0.05, 0) is 19.1 Å². The Hall–Kier alpha value is -3.72. The molecule has 0 saturated carbocycles. The smallest absolute Gasteiger partial charge is 0.313 e. The maximum absolute atomic E-state index is 12.2. The molecule has 2 amide bonds. The number of thiazole rings is 1. The largest absolute Gasteiger partial charge is 0.495 e. The Morgan fingerprint density at radius 3 is 2.65 bits per heavy atom. The predicted molar refractivity (Wildman–Crippen MR) is 119 cm³/mol. The van der Waals surface area contributed by atoms with E-state index in [0.29, 0.717) is 30.2 Å². The lowest BCUT2D eigenvalue weighted by Crippen LogP contribution is -2.36. The SMILES string of the molecule is COc1ccccc1NC(=O)C(=O)NCCc1csc2nc(-c3ccc(C)cc3)nn12. The summed E-state index contributed by atoms with van der Waals surface area (Å²) in [5.74, 6) is -0.313. The van der Waals surface area contributed by atoms with Crippen molar-refractivity contribution < 1.29 is 14.3 Å². The van der Waals surface area contributed by atoms with Crippen LogP contribution in [0.25, 0.3) is 16.3 Å². The first kappa shape index (κ1) is 20.5. The van der Waals surface area contributed by atoms with Gasteiger partial charge in [0.25, 0.3) is 0 Å². The minimum absolute atomic E-state index is 0.295. The molecular weight excluding hydrogens is 414 g/mol. The quantitative estimate of drug-likeness (QED) is 0.454. The molecule has 0 bridgehead atoms. The zero-order valence-electron chi connectivity index (χ0n) is 17.1. The Labute approximate surface area is 182 Å². The van der Waals surface area contributed by atoms with E-state index in [-0.39, 0.29) is 0 Å². The highest BCUT2D eigenvalue weighted by molar-refractivity contribution is 7.15. The van der Waals surface area contributed by atoms with Crippen molar-refractivity contribution in [3.63, 3.8) is 0 Å². The van der Waals surface area contributed by atoms with Crippen molar-refractivity contribution in [3.8, 4) is 17.1 Å². The number of carbonyl (C=O) groups excluding carboxylic acids is 2. The van der Waals surface area contributed by atoms with Gasteiger partial charge in [-0.2, -0.15) is 4.98 Å². The first-order chi connectivity index (χ1) is 15.0. The molecule has 2 heterocycles. The van der Waals surface area contributed by atoms with Gasteiger partial charge in [0.05, 0.1) is 18.5 Å². The number of rotatable bonds is 6. The lowest BCUT2D eigenvalue weighted by molar-refractivity contribution is -0.136. The van der Waals surface area contributed by atoms with E-state index in [0.717, 1.165) is 16.2 Å². The highest BCUT2D eigenvalue weighted by Crippen LogP contribution is 2.23. The van der Waals surface area contributed by atoms with Crippen molar-refractivity contribution in [2.45, 2.75) is 13.3 Å². The number of nitrogens with zero attached hydrogens (tertiary/aromatic N) is 3. The molecule has 2 N–H and O–H groups in total. The highest BCUT2D eigenvalue weighted by atomic mass is 32.1. The summed E-state index contributed by atoms with van der Waals surface area (Å²) in [6, 6.07) is 14.9. The number of aromatic nitrogens is 3. The van der Waals surface area contributed by atoms with Crippen LogP contribution < -0.4 is 15.4 Å². The molecule has 0 fully saturated rings. The molecule has 0 unspecified atom stereocenters. The summed E-state index contributed by atoms with van der Waals surface area (Å²) in [4.78, 5) is 29.7. The fourth-order valence-electron chi connectivity index (χ4n) is 3.03. The normalized spacial score (nSPS) is 10.8. The number of ether oxygens (including phenoxy) is 1. The summed E-state index contributed by atoms with van der Waals surface area (Å²) in [7, 11) is 1.50. The molecule has 4 rings (SSSR count).